The highest BCUT2D eigenvalue weighted by molar-refractivity contribution is 5.85. The second-order valence-corrected chi connectivity index (χ2v) is 2.23. The van der Waals surface area contributed by atoms with Gasteiger partial charge < -0.3 is 5.11 Å². The number of aromatic hydroxyl groups is 1. The molecule has 0 aliphatic carbocycles. The summed E-state index contributed by atoms with van der Waals surface area (Å²) in [7, 11) is 0. The molecule has 3 nitrogen and oxygen atoms in total. The van der Waals surface area contributed by atoms with E-state index in [4.69, 9.17) is 0 Å². The Hall–Kier alpha value is -1.06. The van der Waals surface area contributed by atoms with Gasteiger partial charge in [-0.15, -0.1) is 24.8 Å². The third kappa shape index (κ3) is 2.20. The third-order valence-electron chi connectivity index (χ3n) is 1.53. The van der Waals surface area contributed by atoms with E-state index < -0.39 is 0 Å². The molecule has 0 spiro atoms. The van der Waals surface area contributed by atoms with Gasteiger partial charge >= 0.3 is 0 Å². The van der Waals surface area contributed by atoms with Crippen molar-refractivity contribution in [3.05, 3.63) is 30.7 Å². The summed E-state index contributed by atoms with van der Waals surface area (Å²) in [6.45, 7) is 0. The first kappa shape index (κ1) is 11.9. The van der Waals surface area contributed by atoms with Crippen molar-refractivity contribution in [3.63, 3.8) is 0 Å². The minimum atomic E-state index is 0. The van der Waals surface area contributed by atoms with Crippen molar-refractivity contribution in [1.82, 2.24) is 9.97 Å². The van der Waals surface area contributed by atoms with Crippen LogP contribution in [0, 0.1) is 0 Å². The van der Waals surface area contributed by atoms with Crippen molar-refractivity contribution >= 4 is 35.7 Å². The number of nitrogens with zero attached hydrogens (tertiary/aromatic N) is 2. The SMILES string of the molecule is Cl.Cl.Oc1cccc2ncncc12. The molecule has 0 atom stereocenters. The van der Waals surface area contributed by atoms with Gasteiger partial charge in [-0.3, -0.25) is 0 Å². The van der Waals surface area contributed by atoms with Crippen LogP contribution in [0.4, 0.5) is 0 Å². The van der Waals surface area contributed by atoms with Crippen molar-refractivity contribution in [1.29, 1.82) is 0 Å². The predicted molar refractivity (Wildman–Crippen MR) is 55.7 cm³/mol. The maximum absolute atomic E-state index is 9.29. The molecule has 0 radical (unpaired) electrons. The van der Waals surface area contributed by atoms with Gasteiger partial charge in [0.15, 0.2) is 0 Å². The van der Waals surface area contributed by atoms with E-state index in [1.807, 2.05) is 6.07 Å². The van der Waals surface area contributed by atoms with Gasteiger partial charge in [0.2, 0.25) is 0 Å². The topological polar surface area (TPSA) is 46.0 Å². The van der Waals surface area contributed by atoms with Crippen molar-refractivity contribution in [2.75, 3.05) is 0 Å². The summed E-state index contributed by atoms with van der Waals surface area (Å²) < 4.78 is 0. The highest BCUT2D eigenvalue weighted by Crippen LogP contribution is 2.20. The number of fused-ring (bicyclic) bond motifs is 1. The molecule has 0 saturated heterocycles. The zero-order valence-corrected chi connectivity index (χ0v) is 8.18. The van der Waals surface area contributed by atoms with E-state index in [9.17, 15) is 5.11 Å². The molecule has 0 bridgehead atoms. The number of halogens is 2. The Balaban J connectivity index is 0.000000720. The van der Waals surface area contributed by atoms with E-state index in [-0.39, 0.29) is 30.6 Å². The first-order valence-electron chi connectivity index (χ1n) is 3.25. The Labute approximate surface area is 87.7 Å². The molecule has 0 unspecified atom stereocenters. The summed E-state index contributed by atoms with van der Waals surface area (Å²) in [6.07, 6.45) is 3.06. The lowest BCUT2D eigenvalue weighted by Crippen LogP contribution is -1.79. The number of rotatable bonds is 0. The highest BCUT2D eigenvalue weighted by Gasteiger charge is 1.96. The number of phenolic OH excluding ortho intramolecular Hbond substituents is 1. The van der Waals surface area contributed by atoms with Crippen LogP contribution in [-0.2, 0) is 0 Å². The lowest BCUT2D eigenvalue weighted by Gasteiger charge is -1.96. The Kier molecular flexibility index (Phi) is 4.45. The number of aromatic nitrogens is 2. The highest BCUT2D eigenvalue weighted by atomic mass is 35.5. The summed E-state index contributed by atoms with van der Waals surface area (Å²) in [6, 6.07) is 5.20. The van der Waals surface area contributed by atoms with Crippen LogP contribution in [0.25, 0.3) is 10.9 Å². The summed E-state index contributed by atoms with van der Waals surface area (Å²) in [5.74, 6) is 0.225. The summed E-state index contributed by atoms with van der Waals surface area (Å²) in [5, 5.41) is 9.98. The molecule has 0 saturated carbocycles. The normalized spacial score (nSPS) is 8.62. The fraction of sp³-hybridized carbons (Fsp3) is 0. The van der Waals surface area contributed by atoms with Crippen molar-refractivity contribution in [2.45, 2.75) is 0 Å². The van der Waals surface area contributed by atoms with Crippen molar-refractivity contribution in [2.24, 2.45) is 0 Å². The zero-order chi connectivity index (χ0) is 7.68. The second-order valence-electron chi connectivity index (χ2n) is 2.23. The van der Waals surface area contributed by atoms with Crippen LogP contribution in [0.1, 0.15) is 0 Å². The molecule has 1 aromatic heterocycles. The van der Waals surface area contributed by atoms with Crippen LogP contribution < -0.4 is 0 Å². The number of benzene rings is 1. The van der Waals surface area contributed by atoms with Crippen LogP contribution in [0.15, 0.2) is 30.7 Å². The van der Waals surface area contributed by atoms with Gasteiger partial charge in [0.05, 0.1) is 10.9 Å². The van der Waals surface area contributed by atoms with Gasteiger partial charge in [-0.1, -0.05) is 6.07 Å². The molecule has 5 heteroatoms. The minimum absolute atomic E-state index is 0. The molecule has 2 aromatic rings. The molecular formula is C8H8Cl2N2O. The maximum atomic E-state index is 9.29. The largest absolute Gasteiger partial charge is 0.507 e. The maximum Gasteiger partial charge on any atom is 0.126 e. The molecule has 13 heavy (non-hydrogen) atoms. The molecule has 0 fully saturated rings. The fourth-order valence-corrected chi connectivity index (χ4v) is 0.989. The Morgan fingerprint density at radius 2 is 1.92 bits per heavy atom. The smallest absolute Gasteiger partial charge is 0.126 e. The monoisotopic (exact) mass is 218 g/mol. The van der Waals surface area contributed by atoms with Gasteiger partial charge in [-0.25, -0.2) is 9.97 Å². The molecule has 0 aliphatic rings. The van der Waals surface area contributed by atoms with Crippen LogP contribution in [0.5, 0.6) is 5.75 Å². The van der Waals surface area contributed by atoms with Gasteiger partial charge in [-0.2, -0.15) is 0 Å². The summed E-state index contributed by atoms with van der Waals surface area (Å²) in [5.41, 5.74) is 0.764. The number of hydrogen-bond acceptors (Lipinski definition) is 3. The van der Waals surface area contributed by atoms with Gasteiger partial charge in [0.1, 0.15) is 12.1 Å². The van der Waals surface area contributed by atoms with Gasteiger partial charge in [0, 0.05) is 6.20 Å². The molecule has 1 heterocycles. The predicted octanol–water partition coefficient (Wildman–Crippen LogP) is 2.18. The first-order chi connectivity index (χ1) is 5.38. The average Bonchev–Trinajstić information content (AvgIpc) is 2.06. The number of phenols is 1. The zero-order valence-electron chi connectivity index (χ0n) is 6.54. The lowest BCUT2D eigenvalue weighted by molar-refractivity contribution is 0.481. The molecule has 1 aromatic carbocycles. The Bertz CT molecular complexity index is 389. The van der Waals surface area contributed by atoms with Crippen LogP contribution >= 0.6 is 24.8 Å². The van der Waals surface area contributed by atoms with Crippen molar-refractivity contribution < 1.29 is 5.11 Å². The average molecular weight is 219 g/mol. The summed E-state index contributed by atoms with van der Waals surface area (Å²) >= 11 is 0. The van der Waals surface area contributed by atoms with Gasteiger partial charge in [-0.05, 0) is 12.1 Å². The minimum Gasteiger partial charge on any atom is -0.507 e. The molecule has 70 valence electrons. The standard InChI is InChI=1S/C8H6N2O.2ClH/c11-8-3-1-2-7-6(8)4-9-5-10-7;;/h1-5,11H;2*1H. The molecule has 2 rings (SSSR count). The quantitative estimate of drug-likeness (QED) is 0.738. The van der Waals surface area contributed by atoms with E-state index >= 15 is 0 Å². The van der Waals surface area contributed by atoms with E-state index in [0.29, 0.717) is 5.39 Å². The first-order valence-corrected chi connectivity index (χ1v) is 3.25. The van der Waals surface area contributed by atoms with Crippen LogP contribution in [0.2, 0.25) is 0 Å². The Morgan fingerprint density at radius 3 is 2.62 bits per heavy atom. The fourth-order valence-electron chi connectivity index (χ4n) is 0.989. The van der Waals surface area contributed by atoms with Crippen LogP contribution in [-0.4, -0.2) is 15.1 Å². The summed E-state index contributed by atoms with van der Waals surface area (Å²) in [4.78, 5) is 7.77. The molecule has 1 N–H and O–H groups in total. The molecule has 0 aliphatic heterocycles. The Morgan fingerprint density at radius 1 is 1.15 bits per heavy atom. The van der Waals surface area contributed by atoms with E-state index in [1.165, 1.54) is 6.33 Å². The van der Waals surface area contributed by atoms with E-state index in [2.05, 4.69) is 9.97 Å². The lowest BCUT2D eigenvalue weighted by atomic mass is 10.2. The van der Waals surface area contributed by atoms with Crippen molar-refractivity contribution in [3.8, 4) is 5.75 Å². The van der Waals surface area contributed by atoms with E-state index in [1.54, 1.807) is 18.3 Å². The molecular weight excluding hydrogens is 211 g/mol. The van der Waals surface area contributed by atoms with E-state index in [0.717, 1.165) is 5.52 Å². The van der Waals surface area contributed by atoms with Crippen LogP contribution in [0.3, 0.4) is 0 Å². The third-order valence-corrected chi connectivity index (χ3v) is 1.53. The van der Waals surface area contributed by atoms with Gasteiger partial charge in [0.25, 0.3) is 0 Å². The molecule has 0 amide bonds. The number of hydrogen-bond donors (Lipinski definition) is 1. The second kappa shape index (κ2) is 4.84.